The van der Waals surface area contributed by atoms with Crippen LogP contribution in [0.1, 0.15) is 20.7 Å². The molecule has 3 rings (SSSR count). The number of ether oxygens (including phenoxy) is 1. The summed E-state index contributed by atoms with van der Waals surface area (Å²) in [6.07, 6.45) is 0. The number of hydrogen-bond acceptors (Lipinski definition) is 3. The second-order valence-electron chi connectivity index (χ2n) is 5.95. The summed E-state index contributed by atoms with van der Waals surface area (Å²) in [7, 11) is 1.53. The summed E-state index contributed by atoms with van der Waals surface area (Å²) in [5.74, 6) is -1.96. The van der Waals surface area contributed by atoms with E-state index in [1.54, 1.807) is 29.2 Å². The summed E-state index contributed by atoms with van der Waals surface area (Å²) in [5, 5.41) is 0. The molecule has 0 aliphatic carbocycles. The smallest absolute Gasteiger partial charge is 0.254 e. The standard InChI is InChI=1S/C19H18F2N2O3/c1-26-15-4-2-3-13(11-15)18(24)22-7-9-23(10-8-22)19(25)14-5-6-16(20)17(21)12-14/h2-6,11-12H,7-10H2,1H3. The first kappa shape index (κ1) is 17.8. The van der Waals surface area contributed by atoms with E-state index in [0.717, 1.165) is 12.1 Å². The van der Waals surface area contributed by atoms with E-state index in [0.29, 0.717) is 37.5 Å². The van der Waals surface area contributed by atoms with Crippen LogP contribution in [0.5, 0.6) is 5.75 Å². The lowest BCUT2D eigenvalue weighted by atomic mass is 10.1. The van der Waals surface area contributed by atoms with Crippen molar-refractivity contribution in [2.75, 3.05) is 33.3 Å². The Morgan fingerprint density at radius 1 is 0.846 bits per heavy atom. The van der Waals surface area contributed by atoms with E-state index < -0.39 is 11.6 Å². The molecule has 0 saturated carbocycles. The molecule has 0 radical (unpaired) electrons. The Morgan fingerprint density at radius 3 is 1.96 bits per heavy atom. The highest BCUT2D eigenvalue weighted by molar-refractivity contribution is 5.96. The zero-order valence-corrected chi connectivity index (χ0v) is 14.2. The lowest BCUT2D eigenvalue weighted by Crippen LogP contribution is -2.50. The van der Waals surface area contributed by atoms with Gasteiger partial charge in [0.25, 0.3) is 11.8 Å². The van der Waals surface area contributed by atoms with Gasteiger partial charge in [-0.25, -0.2) is 8.78 Å². The molecule has 1 heterocycles. The molecule has 7 heteroatoms. The van der Waals surface area contributed by atoms with Crippen LogP contribution in [0.2, 0.25) is 0 Å². The molecular formula is C19H18F2N2O3. The summed E-state index contributed by atoms with van der Waals surface area (Å²) < 4.78 is 31.4. The van der Waals surface area contributed by atoms with Gasteiger partial charge < -0.3 is 14.5 Å². The highest BCUT2D eigenvalue weighted by atomic mass is 19.2. The number of hydrogen-bond donors (Lipinski definition) is 0. The Morgan fingerprint density at radius 2 is 1.42 bits per heavy atom. The minimum Gasteiger partial charge on any atom is -0.497 e. The predicted octanol–water partition coefficient (Wildman–Crippen LogP) is 2.57. The maximum absolute atomic E-state index is 13.3. The van der Waals surface area contributed by atoms with Gasteiger partial charge in [0, 0.05) is 37.3 Å². The van der Waals surface area contributed by atoms with Crippen LogP contribution in [0.25, 0.3) is 0 Å². The van der Waals surface area contributed by atoms with E-state index >= 15 is 0 Å². The molecule has 1 saturated heterocycles. The van der Waals surface area contributed by atoms with E-state index in [1.807, 2.05) is 0 Å². The number of carbonyl (C=O) groups excluding carboxylic acids is 2. The largest absolute Gasteiger partial charge is 0.497 e. The first-order chi connectivity index (χ1) is 12.5. The van der Waals surface area contributed by atoms with Crippen molar-refractivity contribution in [1.82, 2.24) is 9.80 Å². The van der Waals surface area contributed by atoms with Crippen LogP contribution < -0.4 is 4.74 Å². The van der Waals surface area contributed by atoms with Crippen molar-refractivity contribution in [3.8, 4) is 5.75 Å². The molecule has 1 fully saturated rings. The van der Waals surface area contributed by atoms with Crippen LogP contribution in [0, 0.1) is 11.6 Å². The van der Waals surface area contributed by atoms with Gasteiger partial charge in [-0.1, -0.05) is 6.07 Å². The number of rotatable bonds is 3. The van der Waals surface area contributed by atoms with Crippen LogP contribution >= 0.6 is 0 Å². The second-order valence-corrected chi connectivity index (χ2v) is 5.95. The third-order valence-corrected chi connectivity index (χ3v) is 4.34. The number of nitrogens with zero attached hydrogens (tertiary/aromatic N) is 2. The van der Waals surface area contributed by atoms with E-state index in [2.05, 4.69) is 0 Å². The van der Waals surface area contributed by atoms with Crippen LogP contribution in [0.3, 0.4) is 0 Å². The molecule has 0 N–H and O–H groups in total. The summed E-state index contributed by atoms with van der Waals surface area (Å²) >= 11 is 0. The zero-order chi connectivity index (χ0) is 18.7. The molecule has 0 unspecified atom stereocenters. The van der Waals surface area contributed by atoms with Gasteiger partial charge >= 0.3 is 0 Å². The van der Waals surface area contributed by atoms with E-state index in [1.165, 1.54) is 18.1 Å². The molecule has 26 heavy (non-hydrogen) atoms. The minimum atomic E-state index is -1.05. The number of methoxy groups -OCH3 is 1. The highest BCUT2D eigenvalue weighted by Crippen LogP contribution is 2.17. The molecule has 0 aromatic heterocycles. The number of benzene rings is 2. The van der Waals surface area contributed by atoms with Gasteiger partial charge in [0.1, 0.15) is 5.75 Å². The van der Waals surface area contributed by atoms with Gasteiger partial charge in [0.05, 0.1) is 7.11 Å². The first-order valence-corrected chi connectivity index (χ1v) is 8.17. The molecule has 0 bridgehead atoms. The molecule has 0 spiro atoms. The highest BCUT2D eigenvalue weighted by Gasteiger charge is 2.26. The lowest BCUT2D eigenvalue weighted by molar-refractivity contribution is 0.0535. The summed E-state index contributed by atoms with van der Waals surface area (Å²) in [6, 6.07) is 9.97. The van der Waals surface area contributed by atoms with Crippen molar-refractivity contribution in [1.29, 1.82) is 0 Å². The topological polar surface area (TPSA) is 49.9 Å². The molecule has 5 nitrogen and oxygen atoms in total. The van der Waals surface area contributed by atoms with E-state index in [4.69, 9.17) is 4.74 Å². The molecule has 136 valence electrons. The van der Waals surface area contributed by atoms with Gasteiger partial charge in [0.15, 0.2) is 11.6 Å². The summed E-state index contributed by atoms with van der Waals surface area (Å²) in [5.41, 5.74) is 0.612. The Hall–Kier alpha value is -2.96. The molecule has 0 atom stereocenters. The number of halogens is 2. The zero-order valence-electron chi connectivity index (χ0n) is 14.2. The van der Waals surface area contributed by atoms with Gasteiger partial charge in [-0.3, -0.25) is 9.59 Å². The van der Waals surface area contributed by atoms with E-state index in [-0.39, 0.29) is 17.4 Å². The molecule has 2 aromatic carbocycles. The minimum absolute atomic E-state index is 0.0940. The molecule has 1 aliphatic rings. The molecular weight excluding hydrogens is 342 g/mol. The van der Waals surface area contributed by atoms with Crippen molar-refractivity contribution in [2.24, 2.45) is 0 Å². The third kappa shape index (κ3) is 3.66. The van der Waals surface area contributed by atoms with Crippen molar-refractivity contribution >= 4 is 11.8 Å². The van der Waals surface area contributed by atoms with Gasteiger partial charge in [-0.15, -0.1) is 0 Å². The average molecular weight is 360 g/mol. The maximum atomic E-state index is 13.3. The van der Waals surface area contributed by atoms with Crippen LogP contribution in [-0.2, 0) is 0 Å². The van der Waals surface area contributed by atoms with Gasteiger partial charge in [-0.05, 0) is 36.4 Å². The fourth-order valence-electron chi connectivity index (χ4n) is 2.86. The van der Waals surface area contributed by atoms with Crippen molar-refractivity contribution in [3.05, 3.63) is 65.2 Å². The predicted molar refractivity (Wildman–Crippen MR) is 91.2 cm³/mol. The SMILES string of the molecule is COc1cccc(C(=O)N2CCN(C(=O)c3ccc(F)c(F)c3)CC2)c1. The van der Waals surface area contributed by atoms with Crippen molar-refractivity contribution in [3.63, 3.8) is 0 Å². The van der Waals surface area contributed by atoms with Gasteiger partial charge in [0.2, 0.25) is 0 Å². The van der Waals surface area contributed by atoms with Crippen LogP contribution in [0.15, 0.2) is 42.5 Å². The summed E-state index contributed by atoms with van der Waals surface area (Å²) in [4.78, 5) is 28.2. The Kier molecular flexibility index (Phi) is 5.16. The third-order valence-electron chi connectivity index (χ3n) is 4.34. The number of carbonyl (C=O) groups is 2. The number of piperazine rings is 1. The van der Waals surface area contributed by atoms with E-state index in [9.17, 15) is 18.4 Å². The average Bonchev–Trinajstić information content (AvgIpc) is 2.69. The fraction of sp³-hybridized carbons (Fsp3) is 0.263. The lowest BCUT2D eigenvalue weighted by Gasteiger charge is -2.35. The Balaban J connectivity index is 1.64. The second kappa shape index (κ2) is 7.51. The van der Waals surface area contributed by atoms with Crippen LogP contribution in [-0.4, -0.2) is 54.9 Å². The Bertz CT molecular complexity index is 833. The van der Waals surface area contributed by atoms with Gasteiger partial charge in [-0.2, -0.15) is 0 Å². The quantitative estimate of drug-likeness (QED) is 0.845. The molecule has 2 aromatic rings. The van der Waals surface area contributed by atoms with Crippen molar-refractivity contribution in [2.45, 2.75) is 0 Å². The first-order valence-electron chi connectivity index (χ1n) is 8.17. The maximum Gasteiger partial charge on any atom is 0.254 e. The molecule has 2 amide bonds. The van der Waals surface area contributed by atoms with Crippen LogP contribution in [0.4, 0.5) is 8.78 Å². The summed E-state index contributed by atoms with van der Waals surface area (Å²) in [6.45, 7) is 1.39. The Labute approximate surface area is 149 Å². The molecule has 1 aliphatic heterocycles. The van der Waals surface area contributed by atoms with Crippen molar-refractivity contribution < 1.29 is 23.1 Å². The number of amides is 2. The fourth-order valence-corrected chi connectivity index (χ4v) is 2.86. The normalized spacial score (nSPS) is 14.3. The monoisotopic (exact) mass is 360 g/mol.